The topological polar surface area (TPSA) is 84.0 Å². The number of nitrogens with zero attached hydrogens (tertiary/aromatic N) is 3. The van der Waals surface area contributed by atoms with Gasteiger partial charge in [0.25, 0.3) is 0 Å². The number of carbonyl (C=O) groups is 2. The van der Waals surface area contributed by atoms with Crippen molar-refractivity contribution in [3.05, 3.63) is 48.2 Å². The molecule has 1 N–H and O–H groups in total. The van der Waals surface area contributed by atoms with Gasteiger partial charge in [-0.05, 0) is 23.3 Å². The van der Waals surface area contributed by atoms with Gasteiger partial charge in [-0.1, -0.05) is 24.3 Å². The minimum atomic E-state index is -0.446. The molecule has 158 valence electrons. The number of morpholine rings is 1. The molecule has 0 spiro atoms. The number of cyclic esters (lactones) is 1. The Labute approximate surface area is 175 Å². The van der Waals surface area contributed by atoms with Gasteiger partial charge in [-0.15, -0.1) is 0 Å². The van der Waals surface area contributed by atoms with Crippen LogP contribution >= 0.6 is 0 Å². The van der Waals surface area contributed by atoms with Crippen LogP contribution in [0.5, 0.6) is 0 Å². The van der Waals surface area contributed by atoms with Gasteiger partial charge >= 0.3 is 6.09 Å². The minimum Gasteiger partial charge on any atom is -0.442 e. The zero-order valence-electron chi connectivity index (χ0n) is 17.0. The Balaban J connectivity index is 1.37. The molecule has 1 atom stereocenters. The SMILES string of the molecule is CC(=O)NC[C@H]1CN(c2ccc(-c3ccc(CN4CCOCC4)cc3)cn2)C(=O)O1. The molecule has 30 heavy (non-hydrogen) atoms. The zero-order chi connectivity index (χ0) is 20.9. The van der Waals surface area contributed by atoms with Gasteiger partial charge in [-0.3, -0.25) is 14.6 Å². The molecule has 8 heteroatoms. The van der Waals surface area contributed by atoms with Gasteiger partial charge < -0.3 is 14.8 Å². The molecule has 0 radical (unpaired) electrons. The van der Waals surface area contributed by atoms with E-state index in [9.17, 15) is 9.59 Å². The molecular weight excluding hydrogens is 384 g/mol. The maximum absolute atomic E-state index is 12.1. The second kappa shape index (κ2) is 9.23. The van der Waals surface area contributed by atoms with Crippen molar-refractivity contribution in [2.45, 2.75) is 19.6 Å². The molecule has 4 rings (SSSR count). The standard InChI is InChI=1S/C22H26N4O4/c1-16(27)23-13-20-15-26(22(28)30-20)21-7-6-19(12-24-21)18-4-2-17(3-5-18)14-25-8-10-29-11-9-25/h2-7,12,20H,8-11,13-15H2,1H3,(H,23,27)/t20-/m0/s1. The molecule has 2 aliphatic rings. The highest BCUT2D eigenvalue weighted by molar-refractivity contribution is 5.88. The van der Waals surface area contributed by atoms with Crippen molar-refractivity contribution in [3.63, 3.8) is 0 Å². The van der Waals surface area contributed by atoms with E-state index in [2.05, 4.69) is 39.5 Å². The Morgan fingerprint density at radius 1 is 1.13 bits per heavy atom. The van der Waals surface area contributed by atoms with Gasteiger partial charge in [-0.2, -0.15) is 0 Å². The second-order valence-corrected chi connectivity index (χ2v) is 7.54. The predicted octanol–water partition coefficient (Wildman–Crippen LogP) is 2.04. The molecule has 3 heterocycles. The fourth-order valence-corrected chi connectivity index (χ4v) is 3.61. The number of pyridine rings is 1. The van der Waals surface area contributed by atoms with Crippen LogP contribution in [0.1, 0.15) is 12.5 Å². The third kappa shape index (κ3) is 4.95. The number of hydrogen-bond acceptors (Lipinski definition) is 6. The van der Waals surface area contributed by atoms with Crippen LogP contribution in [0.3, 0.4) is 0 Å². The minimum absolute atomic E-state index is 0.150. The lowest BCUT2D eigenvalue weighted by Crippen LogP contribution is -2.35. The molecule has 2 aromatic rings. The van der Waals surface area contributed by atoms with Crippen molar-refractivity contribution < 1.29 is 19.1 Å². The first-order valence-electron chi connectivity index (χ1n) is 10.2. The molecule has 2 amide bonds. The molecule has 2 fully saturated rings. The molecule has 1 aromatic heterocycles. The maximum atomic E-state index is 12.1. The van der Waals surface area contributed by atoms with Crippen molar-refractivity contribution in [3.8, 4) is 11.1 Å². The number of benzene rings is 1. The Morgan fingerprint density at radius 3 is 2.53 bits per heavy atom. The van der Waals surface area contributed by atoms with Gasteiger partial charge in [0.15, 0.2) is 0 Å². The third-order valence-corrected chi connectivity index (χ3v) is 5.27. The average molecular weight is 410 g/mol. The second-order valence-electron chi connectivity index (χ2n) is 7.54. The summed E-state index contributed by atoms with van der Waals surface area (Å²) < 4.78 is 10.7. The van der Waals surface area contributed by atoms with E-state index in [-0.39, 0.29) is 12.0 Å². The molecule has 1 aromatic carbocycles. The van der Waals surface area contributed by atoms with Gasteiger partial charge in [0.2, 0.25) is 5.91 Å². The Kier molecular flexibility index (Phi) is 6.25. The average Bonchev–Trinajstić information content (AvgIpc) is 3.14. The summed E-state index contributed by atoms with van der Waals surface area (Å²) in [6.45, 7) is 6.56. The number of nitrogens with one attached hydrogen (secondary N) is 1. The molecule has 0 bridgehead atoms. The van der Waals surface area contributed by atoms with E-state index >= 15 is 0 Å². The molecular formula is C22H26N4O4. The first-order valence-corrected chi connectivity index (χ1v) is 10.2. The molecule has 0 aliphatic carbocycles. The molecule has 0 saturated carbocycles. The first-order chi connectivity index (χ1) is 14.6. The predicted molar refractivity (Wildman–Crippen MR) is 112 cm³/mol. The van der Waals surface area contributed by atoms with Crippen LogP contribution in [0.2, 0.25) is 0 Å². The van der Waals surface area contributed by atoms with Crippen molar-refractivity contribution >= 4 is 17.8 Å². The van der Waals surface area contributed by atoms with E-state index in [0.29, 0.717) is 18.9 Å². The van der Waals surface area contributed by atoms with Crippen molar-refractivity contribution in [2.75, 3.05) is 44.3 Å². The van der Waals surface area contributed by atoms with Crippen molar-refractivity contribution in [2.24, 2.45) is 0 Å². The van der Waals surface area contributed by atoms with Gasteiger partial charge in [-0.25, -0.2) is 9.78 Å². The highest BCUT2D eigenvalue weighted by Gasteiger charge is 2.33. The highest BCUT2D eigenvalue weighted by Crippen LogP contribution is 2.24. The van der Waals surface area contributed by atoms with Crippen LogP contribution in [-0.2, 0) is 20.8 Å². The van der Waals surface area contributed by atoms with E-state index in [1.165, 1.54) is 17.4 Å². The van der Waals surface area contributed by atoms with Crippen LogP contribution in [0.15, 0.2) is 42.6 Å². The zero-order valence-corrected chi connectivity index (χ0v) is 17.0. The Hall–Kier alpha value is -2.97. The number of hydrogen-bond donors (Lipinski definition) is 1. The lowest BCUT2D eigenvalue weighted by Gasteiger charge is -2.26. The summed E-state index contributed by atoms with van der Waals surface area (Å²) in [7, 11) is 0. The number of amides is 2. The number of anilines is 1. The normalized spacial score (nSPS) is 19.6. The molecule has 2 aliphatic heterocycles. The lowest BCUT2D eigenvalue weighted by molar-refractivity contribution is -0.119. The van der Waals surface area contributed by atoms with Crippen LogP contribution in [-0.4, -0.2) is 67.4 Å². The largest absolute Gasteiger partial charge is 0.442 e. The van der Waals surface area contributed by atoms with Gasteiger partial charge in [0.05, 0.1) is 26.3 Å². The fraction of sp³-hybridized carbons (Fsp3) is 0.409. The number of rotatable bonds is 6. The third-order valence-electron chi connectivity index (χ3n) is 5.27. The number of aromatic nitrogens is 1. The van der Waals surface area contributed by atoms with E-state index in [1.807, 2.05) is 12.1 Å². The number of carbonyl (C=O) groups excluding carboxylic acids is 2. The summed E-state index contributed by atoms with van der Waals surface area (Å²) >= 11 is 0. The summed E-state index contributed by atoms with van der Waals surface area (Å²) in [6, 6.07) is 12.2. The Morgan fingerprint density at radius 2 is 1.87 bits per heavy atom. The summed E-state index contributed by atoms with van der Waals surface area (Å²) in [6.07, 6.45) is 0.945. The van der Waals surface area contributed by atoms with Gasteiger partial charge in [0, 0.05) is 38.3 Å². The Bertz CT molecular complexity index is 879. The quantitative estimate of drug-likeness (QED) is 0.785. The summed E-state index contributed by atoms with van der Waals surface area (Å²) in [5.41, 5.74) is 3.33. The van der Waals surface area contributed by atoms with Gasteiger partial charge in [0.1, 0.15) is 11.9 Å². The summed E-state index contributed by atoms with van der Waals surface area (Å²) in [5.74, 6) is 0.390. The molecule has 0 unspecified atom stereocenters. The summed E-state index contributed by atoms with van der Waals surface area (Å²) in [5, 5.41) is 2.67. The van der Waals surface area contributed by atoms with Crippen LogP contribution in [0.25, 0.3) is 11.1 Å². The molecule has 2 saturated heterocycles. The maximum Gasteiger partial charge on any atom is 0.416 e. The molecule has 8 nitrogen and oxygen atoms in total. The first kappa shape index (κ1) is 20.3. The monoisotopic (exact) mass is 410 g/mol. The summed E-state index contributed by atoms with van der Waals surface area (Å²) in [4.78, 5) is 31.5. The van der Waals surface area contributed by atoms with E-state index in [0.717, 1.165) is 44.0 Å². The van der Waals surface area contributed by atoms with Crippen LogP contribution in [0.4, 0.5) is 10.6 Å². The number of ether oxygens (including phenoxy) is 2. The smallest absolute Gasteiger partial charge is 0.416 e. The van der Waals surface area contributed by atoms with E-state index in [1.54, 1.807) is 6.20 Å². The highest BCUT2D eigenvalue weighted by atomic mass is 16.6. The lowest BCUT2D eigenvalue weighted by atomic mass is 10.1. The van der Waals surface area contributed by atoms with Crippen LogP contribution < -0.4 is 10.2 Å². The van der Waals surface area contributed by atoms with Crippen molar-refractivity contribution in [1.82, 2.24) is 15.2 Å². The van der Waals surface area contributed by atoms with Crippen molar-refractivity contribution in [1.29, 1.82) is 0 Å². The van der Waals surface area contributed by atoms with Crippen LogP contribution in [0, 0.1) is 0 Å². The van der Waals surface area contributed by atoms with E-state index < -0.39 is 6.09 Å². The fourth-order valence-electron chi connectivity index (χ4n) is 3.61. The van der Waals surface area contributed by atoms with E-state index in [4.69, 9.17) is 9.47 Å².